The van der Waals surface area contributed by atoms with E-state index >= 15 is 0 Å². The van der Waals surface area contributed by atoms with Crippen LogP contribution in [0.4, 0.5) is 0 Å². The van der Waals surface area contributed by atoms with E-state index in [0.29, 0.717) is 0 Å². The number of likely N-dealkylation sites (N-methyl/N-ethyl adjacent to an activating group) is 1. The van der Waals surface area contributed by atoms with Gasteiger partial charge in [0.1, 0.15) is 0 Å². The van der Waals surface area contributed by atoms with E-state index in [1.807, 2.05) is 12.1 Å². The van der Waals surface area contributed by atoms with Crippen LogP contribution in [0.2, 0.25) is 0 Å². The summed E-state index contributed by atoms with van der Waals surface area (Å²) in [6, 6.07) is 4.23. The monoisotopic (exact) mass is 217 g/mol. The molecule has 2 heterocycles. The number of aromatic nitrogens is 2. The summed E-state index contributed by atoms with van der Waals surface area (Å²) in [7, 11) is 0. The predicted molar refractivity (Wildman–Crippen MR) is 60.9 cm³/mol. The van der Waals surface area contributed by atoms with Crippen LogP contribution in [0.1, 0.15) is 24.1 Å². The van der Waals surface area contributed by atoms with Gasteiger partial charge in [-0.15, -0.1) is 0 Å². The second-order valence-corrected chi connectivity index (χ2v) is 3.62. The van der Waals surface area contributed by atoms with E-state index in [0.717, 1.165) is 18.5 Å². The van der Waals surface area contributed by atoms with Gasteiger partial charge >= 0.3 is 0 Å². The van der Waals surface area contributed by atoms with Gasteiger partial charge < -0.3 is 9.73 Å². The predicted octanol–water partition coefficient (Wildman–Crippen LogP) is 1.96. The molecule has 0 bridgehead atoms. The Morgan fingerprint density at radius 2 is 2.31 bits per heavy atom. The number of rotatable bonds is 5. The molecule has 0 aliphatic rings. The molecule has 0 radical (unpaired) electrons. The largest absolute Gasteiger partial charge is 0.472 e. The Hall–Kier alpha value is -1.68. The lowest BCUT2D eigenvalue weighted by Gasteiger charge is -2.16. The van der Waals surface area contributed by atoms with Crippen LogP contribution in [0.3, 0.4) is 0 Å². The molecule has 2 aromatic heterocycles. The lowest BCUT2D eigenvalue weighted by atomic mass is 10.0. The Morgan fingerprint density at radius 1 is 1.38 bits per heavy atom. The highest BCUT2D eigenvalue weighted by atomic mass is 16.3. The van der Waals surface area contributed by atoms with Crippen molar-refractivity contribution in [2.24, 2.45) is 0 Å². The molecule has 1 unspecified atom stereocenters. The second kappa shape index (κ2) is 5.42. The molecule has 2 rings (SSSR count). The fourth-order valence-corrected chi connectivity index (χ4v) is 1.71. The van der Waals surface area contributed by atoms with Gasteiger partial charge in [0.2, 0.25) is 0 Å². The lowest BCUT2D eigenvalue weighted by Crippen LogP contribution is -2.23. The molecular weight excluding hydrogens is 202 g/mol. The van der Waals surface area contributed by atoms with Crippen LogP contribution in [0, 0.1) is 0 Å². The molecule has 4 heteroatoms. The van der Waals surface area contributed by atoms with Crippen molar-refractivity contribution in [3.63, 3.8) is 0 Å². The first-order chi connectivity index (χ1) is 7.90. The van der Waals surface area contributed by atoms with Crippen LogP contribution >= 0.6 is 0 Å². The topological polar surface area (TPSA) is 51.0 Å². The molecule has 1 N–H and O–H groups in total. The SMILES string of the molecule is CCNC(Cc1ccoc1)c1ccnnc1. The number of hydrogen-bond acceptors (Lipinski definition) is 4. The average Bonchev–Trinajstić information content (AvgIpc) is 2.83. The summed E-state index contributed by atoms with van der Waals surface area (Å²) in [6.07, 6.45) is 7.89. The molecule has 0 saturated heterocycles. The molecule has 4 nitrogen and oxygen atoms in total. The number of hydrogen-bond donors (Lipinski definition) is 1. The van der Waals surface area contributed by atoms with Crippen LogP contribution in [0.5, 0.6) is 0 Å². The van der Waals surface area contributed by atoms with Gasteiger partial charge in [-0.1, -0.05) is 6.92 Å². The van der Waals surface area contributed by atoms with Crippen molar-refractivity contribution >= 4 is 0 Å². The molecule has 0 fully saturated rings. The molecular formula is C12H15N3O. The summed E-state index contributed by atoms with van der Waals surface area (Å²) in [5, 5.41) is 11.1. The standard InChI is InChI=1S/C12H15N3O/c1-2-13-12(7-10-4-6-16-9-10)11-3-5-14-15-8-11/h3-6,8-9,12-13H,2,7H2,1H3. The molecule has 0 aliphatic heterocycles. The normalized spacial score (nSPS) is 12.6. The Kier molecular flexibility index (Phi) is 3.66. The first kappa shape index (κ1) is 10.8. The van der Waals surface area contributed by atoms with Crippen LogP contribution in [-0.4, -0.2) is 16.7 Å². The number of nitrogens with zero attached hydrogens (tertiary/aromatic N) is 2. The van der Waals surface area contributed by atoms with Gasteiger partial charge in [-0.05, 0) is 36.2 Å². The van der Waals surface area contributed by atoms with Crippen molar-refractivity contribution in [3.05, 3.63) is 48.2 Å². The van der Waals surface area contributed by atoms with Gasteiger partial charge in [0.05, 0.1) is 18.7 Å². The van der Waals surface area contributed by atoms with Gasteiger partial charge in [0, 0.05) is 12.2 Å². The number of nitrogens with one attached hydrogen (secondary N) is 1. The minimum absolute atomic E-state index is 0.262. The third-order valence-electron chi connectivity index (χ3n) is 2.48. The first-order valence-corrected chi connectivity index (χ1v) is 5.41. The van der Waals surface area contributed by atoms with E-state index < -0.39 is 0 Å². The Morgan fingerprint density at radius 3 is 2.94 bits per heavy atom. The molecule has 0 aliphatic carbocycles. The summed E-state index contributed by atoms with van der Waals surface area (Å²) in [5.41, 5.74) is 2.33. The first-order valence-electron chi connectivity index (χ1n) is 5.41. The van der Waals surface area contributed by atoms with Crippen molar-refractivity contribution in [2.45, 2.75) is 19.4 Å². The van der Waals surface area contributed by atoms with E-state index in [-0.39, 0.29) is 6.04 Å². The average molecular weight is 217 g/mol. The van der Waals surface area contributed by atoms with Gasteiger partial charge in [-0.3, -0.25) is 0 Å². The van der Waals surface area contributed by atoms with Crippen LogP contribution in [0.15, 0.2) is 41.5 Å². The zero-order valence-electron chi connectivity index (χ0n) is 9.26. The van der Waals surface area contributed by atoms with Crippen LogP contribution < -0.4 is 5.32 Å². The van der Waals surface area contributed by atoms with Gasteiger partial charge in [0.25, 0.3) is 0 Å². The van der Waals surface area contributed by atoms with Crippen LogP contribution in [0.25, 0.3) is 0 Å². The summed E-state index contributed by atoms with van der Waals surface area (Å²) < 4.78 is 5.07. The van der Waals surface area contributed by atoms with Crippen molar-refractivity contribution < 1.29 is 4.42 Å². The molecule has 84 valence electrons. The Bertz CT molecular complexity index is 399. The van der Waals surface area contributed by atoms with Gasteiger partial charge in [-0.25, -0.2) is 0 Å². The minimum Gasteiger partial charge on any atom is -0.472 e. The van der Waals surface area contributed by atoms with Crippen LogP contribution in [-0.2, 0) is 6.42 Å². The molecule has 2 aromatic rings. The third-order valence-corrected chi connectivity index (χ3v) is 2.48. The molecule has 0 spiro atoms. The smallest absolute Gasteiger partial charge is 0.0935 e. The highest BCUT2D eigenvalue weighted by Gasteiger charge is 2.11. The van der Waals surface area contributed by atoms with E-state index in [2.05, 4.69) is 22.4 Å². The van der Waals surface area contributed by atoms with Gasteiger partial charge in [-0.2, -0.15) is 10.2 Å². The molecule has 16 heavy (non-hydrogen) atoms. The Balaban J connectivity index is 2.11. The maximum Gasteiger partial charge on any atom is 0.0935 e. The Labute approximate surface area is 94.7 Å². The fraction of sp³-hybridized carbons (Fsp3) is 0.333. The summed E-state index contributed by atoms with van der Waals surface area (Å²) >= 11 is 0. The summed E-state index contributed by atoms with van der Waals surface area (Å²) in [6.45, 7) is 3.02. The maximum atomic E-state index is 5.07. The van der Waals surface area contributed by atoms with Crippen molar-refractivity contribution in [2.75, 3.05) is 6.54 Å². The van der Waals surface area contributed by atoms with E-state index in [1.165, 1.54) is 5.56 Å². The van der Waals surface area contributed by atoms with Crippen molar-refractivity contribution in [1.29, 1.82) is 0 Å². The minimum atomic E-state index is 0.262. The molecule has 0 saturated carbocycles. The maximum absolute atomic E-state index is 5.07. The van der Waals surface area contributed by atoms with Crippen molar-refractivity contribution in [3.8, 4) is 0 Å². The zero-order chi connectivity index (χ0) is 11.2. The highest BCUT2D eigenvalue weighted by Crippen LogP contribution is 2.17. The fourth-order valence-electron chi connectivity index (χ4n) is 1.71. The summed E-state index contributed by atoms with van der Waals surface area (Å²) in [5.74, 6) is 0. The zero-order valence-corrected chi connectivity index (χ0v) is 9.26. The molecule has 0 amide bonds. The van der Waals surface area contributed by atoms with Gasteiger partial charge in [0.15, 0.2) is 0 Å². The third kappa shape index (κ3) is 2.67. The van der Waals surface area contributed by atoms with E-state index in [1.54, 1.807) is 24.9 Å². The number of furan rings is 1. The second-order valence-electron chi connectivity index (χ2n) is 3.62. The quantitative estimate of drug-likeness (QED) is 0.831. The summed E-state index contributed by atoms with van der Waals surface area (Å²) in [4.78, 5) is 0. The lowest BCUT2D eigenvalue weighted by molar-refractivity contribution is 0.533. The highest BCUT2D eigenvalue weighted by molar-refractivity contribution is 5.17. The van der Waals surface area contributed by atoms with E-state index in [4.69, 9.17) is 4.42 Å². The molecule has 1 atom stereocenters. The van der Waals surface area contributed by atoms with Crippen molar-refractivity contribution in [1.82, 2.24) is 15.5 Å². The van der Waals surface area contributed by atoms with E-state index in [9.17, 15) is 0 Å². The molecule has 0 aromatic carbocycles.